The molecule has 2 saturated heterocycles. The van der Waals surface area contributed by atoms with E-state index < -0.39 is 64.0 Å². The fourth-order valence-corrected chi connectivity index (χ4v) is 4.46. The van der Waals surface area contributed by atoms with E-state index in [-0.39, 0.29) is 34.1 Å². The van der Waals surface area contributed by atoms with Gasteiger partial charge in [0.25, 0.3) is 5.92 Å². The molecule has 0 aromatic carbocycles. The molecular weight excluding hydrogens is 491 g/mol. The van der Waals surface area contributed by atoms with Crippen molar-refractivity contribution in [3.8, 4) is 6.07 Å². The van der Waals surface area contributed by atoms with Crippen LogP contribution in [0.2, 0.25) is 5.15 Å². The molecule has 0 saturated carbocycles. The van der Waals surface area contributed by atoms with Crippen LogP contribution >= 0.6 is 19.2 Å². The number of nitriles is 1. The van der Waals surface area contributed by atoms with Crippen molar-refractivity contribution in [2.45, 2.75) is 36.9 Å². The summed E-state index contributed by atoms with van der Waals surface area (Å²) in [4.78, 5) is 27.3. The van der Waals surface area contributed by atoms with Gasteiger partial charge in [-0.1, -0.05) is 11.6 Å². The maximum Gasteiger partial charge on any atom is 0.350 e. The molecule has 16 heteroatoms. The minimum atomic E-state index is -4.44. The minimum Gasteiger partial charge on any atom is -0.387 e. The summed E-state index contributed by atoms with van der Waals surface area (Å²) in [6.07, 6.45) is -5.49. The number of aliphatic hydroxyl groups is 2. The molecule has 2 aromatic rings. The second kappa shape index (κ2) is 8.68. The Morgan fingerprint density at radius 1 is 1.39 bits per heavy atom. The number of pyridine rings is 1. The molecule has 0 unspecified atom stereocenters. The molecule has 4 rings (SSSR count). The van der Waals surface area contributed by atoms with Crippen molar-refractivity contribution in [2.75, 3.05) is 30.9 Å². The van der Waals surface area contributed by atoms with E-state index in [1.54, 1.807) is 0 Å². The summed E-state index contributed by atoms with van der Waals surface area (Å²) in [6.45, 7) is -1.10. The van der Waals surface area contributed by atoms with Gasteiger partial charge in [-0.2, -0.15) is 5.26 Å². The van der Waals surface area contributed by atoms with E-state index >= 15 is 0 Å². The number of nitrogens with zero attached hydrogens (tertiary/aromatic N) is 5. The van der Waals surface area contributed by atoms with Crippen LogP contribution < -0.4 is 4.90 Å². The lowest BCUT2D eigenvalue weighted by molar-refractivity contribution is -0.0612. The van der Waals surface area contributed by atoms with Crippen molar-refractivity contribution in [3.63, 3.8) is 0 Å². The summed E-state index contributed by atoms with van der Waals surface area (Å²) >= 11 is 6.16. The molecule has 0 spiro atoms. The second-order valence-electron chi connectivity index (χ2n) is 7.80. The van der Waals surface area contributed by atoms with Gasteiger partial charge in [0.1, 0.15) is 41.8 Å². The van der Waals surface area contributed by atoms with E-state index in [0.717, 1.165) is 0 Å². The number of hydrogen-bond acceptors (Lipinski definition) is 9. The number of hydrogen-bond donors (Lipinski definition) is 4. The number of anilines is 1. The predicted octanol–water partition coefficient (Wildman–Crippen LogP) is 0.573. The Labute approximate surface area is 190 Å². The molecule has 33 heavy (non-hydrogen) atoms. The molecule has 12 nitrogen and oxygen atoms in total. The van der Waals surface area contributed by atoms with Gasteiger partial charge in [-0.25, -0.2) is 18.7 Å². The molecule has 0 bridgehead atoms. The van der Waals surface area contributed by atoms with Crippen LogP contribution in [-0.2, 0) is 14.0 Å². The number of imidazole rings is 1. The van der Waals surface area contributed by atoms with Gasteiger partial charge in [0.15, 0.2) is 17.0 Å². The zero-order chi connectivity index (χ0) is 24.1. The number of aromatic nitrogens is 3. The first kappa shape index (κ1) is 24.2. The Balaban J connectivity index is 1.67. The Kier molecular flexibility index (Phi) is 6.36. The molecule has 4 heterocycles. The summed E-state index contributed by atoms with van der Waals surface area (Å²) in [7, 11) is -4.44. The molecule has 2 aliphatic heterocycles. The number of aliphatic hydroxyl groups excluding tert-OH is 2. The predicted molar refractivity (Wildman–Crippen MR) is 108 cm³/mol. The molecule has 4 N–H and O–H groups in total. The van der Waals surface area contributed by atoms with Gasteiger partial charge in [-0.05, 0) is 0 Å². The van der Waals surface area contributed by atoms with Gasteiger partial charge in [-0.3, -0.25) is 9.13 Å². The number of rotatable bonds is 6. The topological polar surface area (TPSA) is 174 Å². The summed E-state index contributed by atoms with van der Waals surface area (Å²) in [5.41, 5.74) is 0.0686. The average molecular weight is 510 g/mol. The van der Waals surface area contributed by atoms with Gasteiger partial charge < -0.3 is 34.4 Å². The lowest BCUT2D eigenvalue weighted by atomic mass is 10.1. The fraction of sp³-hybridized carbons (Fsp3) is 0.588. The third-order valence-corrected chi connectivity index (χ3v) is 6.18. The zero-order valence-electron chi connectivity index (χ0n) is 16.8. The van der Waals surface area contributed by atoms with Crippen molar-refractivity contribution in [1.29, 1.82) is 5.26 Å². The summed E-state index contributed by atoms with van der Waals surface area (Å²) in [6, 6.07) is 1.87. The Morgan fingerprint density at radius 3 is 2.73 bits per heavy atom. The van der Waals surface area contributed by atoms with Crippen LogP contribution in [0, 0.1) is 11.3 Å². The van der Waals surface area contributed by atoms with Gasteiger partial charge >= 0.3 is 7.60 Å². The van der Waals surface area contributed by atoms with Gasteiger partial charge in [0, 0.05) is 13.0 Å². The number of ether oxygens (including phenoxy) is 2. The maximum atomic E-state index is 13.8. The van der Waals surface area contributed by atoms with Crippen molar-refractivity contribution >= 4 is 36.0 Å². The highest BCUT2D eigenvalue weighted by Gasteiger charge is 2.45. The normalized spacial score (nSPS) is 27.4. The molecular formula is C17H19ClF2N5O7P. The van der Waals surface area contributed by atoms with Crippen LogP contribution in [-0.4, -0.2) is 84.8 Å². The molecule has 0 radical (unpaired) electrons. The third kappa shape index (κ3) is 4.68. The van der Waals surface area contributed by atoms with Gasteiger partial charge in [-0.15, -0.1) is 0 Å². The Morgan fingerprint density at radius 2 is 2.12 bits per heavy atom. The summed E-state index contributed by atoms with van der Waals surface area (Å²) in [5, 5.41) is 30.0. The first-order valence-corrected chi connectivity index (χ1v) is 11.8. The standard InChI is InChI=1S/C17H19ClF2N5O7P/c18-14-8(3-21)11(24-2-1-17(19,20)5-24)10-15(23-14)25(6-22-10)16-13(27)12(26)9(32-16)4-31-7-33(28,29)30/h6,9,12-13,16,26-27H,1-2,4-5,7H2,(H2,28,29,30)/t9-,12-,13-,16+/m1/s1. The fourth-order valence-electron chi connectivity index (χ4n) is 3.90. The van der Waals surface area contributed by atoms with E-state index in [1.165, 1.54) is 15.8 Å². The van der Waals surface area contributed by atoms with Crippen molar-refractivity contribution in [1.82, 2.24) is 14.5 Å². The molecule has 0 amide bonds. The van der Waals surface area contributed by atoms with E-state index in [2.05, 4.69) is 9.97 Å². The average Bonchev–Trinajstić information content (AvgIpc) is 3.37. The first-order chi connectivity index (χ1) is 15.4. The highest BCUT2D eigenvalue weighted by molar-refractivity contribution is 7.51. The van der Waals surface area contributed by atoms with Crippen LogP contribution in [0.1, 0.15) is 18.2 Å². The maximum absolute atomic E-state index is 13.8. The minimum absolute atomic E-state index is 0.0252. The van der Waals surface area contributed by atoms with Crippen LogP contribution in [0.3, 0.4) is 0 Å². The van der Waals surface area contributed by atoms with Crippen LogP contribution in [0.4, 0.5) is 14.5 Å². The number of halogens is 3. The van der Waals surface area contributed by atoms with E-state index in [9.17, 15) is 28.8 Å². The second-order valence-corrected chi connectivity index (χ2v) is 9.75. The lowest BCUT2D eigenvalue weighted by Crippen LogP contribution is -2.34. The highest BCUT2D eigenvalue weighted by Crippen LogP contribution is 2.40. The van der Waals surface area contributed by atoms with Crippen molar-refractivity contribution in [3.05, 3.63) is 17.0 Å². The van der Waals surface area contributed by atoms with Crippen molar-refractivity contribution in [2.24, 2.45) is 0 Å². The highest BCUT2D eigenvalue weighted by atomic mass is 35.5. The molecule has 2 aliphatic rings. The molecule has 2 fully saturated rings. The molecule has 180 valence electrons. The molecule has 0 aliphatic carbocycles. The lowest BCUT2D eigenvalue weighted by Gasteiger charge is -2.21. The number of fused-ring (bicyclic) bond motifs is 1. The molecule has 2 aromatic heterocycles. The van der Waals surface area contributed by atoms with E-state index in [4.69, 9.17) is 30.9 Å². The van der Waals surface area contributed by atoms with E-state index in [0.29, 0.717) is 0 Å². The van der Waals surface area contributed by atoms with Crippen molar-refractivity contribution < 1.29 is 42.8 Å². The van der Waals surface area contributed by atoms with Gasteiger partial charge in [0.05, 0.1) is 25.2 Å². The Hall–Kier alpha value is -1.95. The SMILES string of the molecule is N#Cc1c(Cl)nc2c(ncn2[C@H]2O[C@H](COCP(=O)(O)O)[C@@H](O)[C@H]2O)c1N1CCC(F)(F)C1. The van der Waals surface area contributed by atoms with Gasteiger partial charge in [0.2, 0.25) is 0 Å². The third-order valence-electron chi connectivity index (χ3n) is 5.39. The van der Waals surface area contributed by atoms with Crippen LogP contribution in [0.15, 0.2) is 6.33 Å². The van der Waals surface area contributed by atoms with Crippen LogP contribution in [0.25, 0.3) is 11.2 Å². The van der Waals surface area contributed by atoms with E-state index in [1.807, 2.05) is 6.07 Å². The number of alkyl halides is 2. The molecule has 4 atom stereocenters. The zero-order valence-corrected chi connectivity index (χ0v) is 18.4. The first-order valence-electron chi connectivity index (χ1n) is 9.64. The Bertz CT molecular complexity index is 1150. The summed E-state index contributed by atoms with van der Waals surface area (Å²) in [5.74, 6) is -2.95. The monoisotopic (exact) mass is 509 g/mol. The largest absolute Gasteiger partial charge is 0.387 e. The van der Waals surface area contributed by atoms with Crippen LogP contribution in [0.5, 0.6) is 0 Å². The summed E-state index contributed by atoms with van der Waals surface area (Å²) < 4.78 is 50.3. The quantitative estimate of drug-likeness (QED) is 0.316. The smallest absolute Gasteiger partial charge is 0.350 e.